The van der Waals surface area contributed by atoms with Crippen molar-refractivity contribution in [3.05, 3.63) is 72.0 Å². The third kappa shape index (κ3) is 3.33. The predicted molar refractivity (Wildman–Crippen MR) is 99.0 cm³/mol. The molecule has 0 spiro atoms. The van der Waals surface area contributed by atoms with Crippen molar-refractivity contribution < 1.29 is 14.0 Å². The molecule has 5 heteroatoms. The Balaban J connectivity index is 1.35. The third-order valence-electron chi connectivity index (χ3n) is 4.79. The summed E-state index contributed by atoms with van der Waals surface area (Å²) in [5, 5.41) is 3.99. The molecule has 3 aromatic rings. The van der Waals surface area contributed by atoms with Gasteiger partial charge in [-0.1, -0.05) is 36.4 Å². The van der Waals surface area contributed by atoms with E-state index in [-0.39, 0.29) is 17.9 Å². The minimum Gasteiger partial charge on any atom is -0.451 e. The van der Waals surface area contributed by atoms with Gasteiger partial charge >= 0.3 is 0 Å². The largest absolute Gasteiger partial charge is 0.451 e. The number of fused-ring (bicyclic) bond motifs is 1. The number of nitrogens with zero attached hydrogens (tertiary/aromatic N) is 1. The summed E-state index contributed by atoms with van der Waals surface area (Å²) in [6.07, 6.45) is 1.48. The number of hydrogen-bond donors (Lipinski definition) is 1. The maximum Gasteiger partial charge on any atom is 0.289 e. The lowest BCUT2D eigenvalue weighted by atomic mass is 10.0. The van der Waals surface area contributed by atoms with Crippen molar-refractivity contribution in [3.8, 4) is 0 Å². The minimum absolute atomic E-state index is 0.0624. The molecule has 0 atom stereocenters. The van der Waals surface area contributed by atoms with Crippen molar-refractivity contribution in [1.82, 2.24) is 10.2 Å². The van der Waals surface area contributed by atoms with Gasteiger partial charge in [0.05, 0.1) is 0 Å². The number of amides is 2. The van der Waals surface area contributed by atoms with Gasteiger partial charge < -0.3 is 14.6 Å². The molecule has 0 saturated carbocycles. The van der Waals surface area contributed by atoms with E-state index in [0.29, 0.717) is 24.4 Å². The average molecular weight is 348 g/mol. The summed E-state index contributed by atoms with van der Waals surface area (Å²) >= 11 is 0. The van der Waals surface area contributed by atoms with Crippen molar-refractivity contribution in [2.75, 3.05) is 13.1 Å². The van der Waals surface area contributed by atoms with E-state index in [0.717, 1.165) is 23.8 Å². The van der Waals surface area contributed by atoms with Gasteiger partial charge in [-0.05, 0) is 37.1 Å². The van der Waals surface area contributed by atoms with Crippen LogP contribution in [0.4, 0.5) is 0 Å². The Hall–Kier alpha value is -3.08. The Morgan fingerprint density at radius 1 is 0.962 bits per heavy atom. The number of carbonyl (C=O) groups excluding carboxylic acids is 2. The van der Waals surface area contributed by atoms with E-state index in [9.17, 15) is 9.59 Å². The number of nitrogens with one attached hydrogen (secondary N) is 1. The molecule has 5 nitrogen and oxygen atoms in total. The topological polar surface area (TPSA) is 62.6 Å². The van der Waals surface area contributed by atoms with Gasteiger partial charge in [0, 0.05) is 30.1 Å². The lowest BCUT2D eigenvalue weighted by Gasteiger charge is -2.31. The fourth-order valence-electron chi connectivity index (χ4n) is 3.33. The highest BCUT2D eigenvalue weighted by Gasteiger charge is 2.26. The van der Waals surface area contributed by atoms with Gasteiger partial charge in [-0.3, -0.25) is 9.59 Å². The van der Waals surface area contributed by atoms with Crippen LogP contribution < -0.4 is 5.32 Å². The molecule has 0 unspecified atom stereocenters. The highest BCUT2D eigenvalue weighted by molar-refractivity contribution is 5.96. The number of benzene rings is 2. The number of hydrogen-bond acceptors (Lipinski definition) is 3. The SMILES string of the molecule is O=C(NC1CCN(C(=O)c2cc3ccccc3o2)CC1)c1ccccc1. The van der Waals surface area contributed by atoms with E-state index in [1.165, 1.54) is 0 Å². The van der Waals surface area contributed by atoms with Gasteiger partial charge in [-0.25, -0.2) is 0 Å². The molecule has 2 amide bonds. The summed E-state index contributed by atoms with van der Waals surface area (Å²) in [6, 6.07) is 18.7. The van der Waals surface area contributed by atoms with E-state index in [1.807, 2.05) is 42.5 Å². The highest BCUT2D eigenvalue weighted by Crippen LogP contribution is 2.21. The Morgan fingerprint density at radius 2 is 1.65 bits per heavy atom. The molecule has 1 fully saturated rings. The molecular formula is C21H20N2O3. The lowest BCUT2D eigenvalue weighted by molar-refractivity contribution is 0.0669. The standard InChI is InChI=1S/C21H20N2O3/c24-20(15-6-2-1-3-7-15)22-17-10-12-23(13-11-17)21(25)19-14-16-8-4-5-9-18(16)26-19/h1-9,14,17H,10-13H2,(H,22,24). The molecular weight excluding hydrogens is 328 g/mol. The number of carbonyl (C=O) groups is 2. The van der Waals surface area contributed by atoms with Gasteiger partial charge in [-0.2, -0.15) is 0 Å². The number of likely N-dealkylation sites (tertiary alicyclic amines) is 1. The van der Waals surface area contributed by atoms with Crippen molar-refractivity contribution in [3.63, 3.8) is 0 Å². The molecule has 26 heavy (non-hydrogen) atoms. The van der Waals surface area contributed by atoms with Crippen LogP contribution in [0.15, 0.2) is 65.1 Å². The number of para-hydroxylation sites is 1. The molecule has 0 radical (unpaired) electrons. The molecule has 4 rings (SSSR count). The Morgan fingerprint density at radius 3 is 2.38 bits per heavy atom. The first kappa shape index (κ1) is 16.4. The van der Waals surface area contributed by atoms with Crippen molar-refractivity contribution in [1.29, 1.82) is 0 Å². The maximum absolute atomic E-state index is 12.7. The second kappa shape index (κ2) is 7.04. The Labute approximate surface area is 151 Å². The quantitative estimate of drug-likeness (QED) is 0.788. The van der Waals surface area contributed by atoms with Crippen LogP contribution in [0.2, 0.25) is 0 Å². The summed E-state index contributed by atoms with van der Waals surface area (Å²) in [4.78, 5) is 26.7. The van der Waals surface area contributed by atoms with Crippen LogP contribution >= 0.6 is 0 Å². The van der Waals surface area contributed by atoms with Crippen molar-refractivity contribution in [2.45, 2.75) is 18.9 Å². The van der Waals surface area contributed by atoms with Crippen molar-refractivity contribution >= 4 is 22.8 Å². The molecule has 1 aliphatic rings. The van der Waals surface area contributed by atoms with Gasteiger partial charge in [-0.15, -0.1) is 0 Å². The van der Waals surface area contributed by atoms with Crippen LogP contribution in [0.5, 0.6) is 0 Å². The number of piperidine rings is 1. The van der Waals surface area contributed by atoms with E-state index >= 15 is 0 Å². The highest BCUT2D eigenvalue weighted by atomic mass is 16.3. The van der Waals surface area contributed by atoms with Crippen LogP contribution in [-0.2, 0) is 0 Å². The lowest BCUT2D eigenvalue weighted by Crippen LogP contribution is -2.46. The second-order valence-corrected chi connectivity index (χ2v) is 6.55. The first-order chi connectivity index (χ1) is 12.7. The van der Waals surface area contributed by atoms with Crippen LogP contribution in [0, 0.1) is 0 Å². The molecule has 2 heterocycles. The van der Waals surface area contributed by atoms with Crippen LogP contribution in [0.25, 0.3) is 11.0 Å². The second-order valence-electron chi connectivity index (χ2n) is 6.55. The van der Waals surface area contributed by atoms with E-state index in [2.05, 4.69) is 5.32 Å². The van der Waals surface area contributed by atoms with Gasteiger partial charge in [0.1, 0.15) is 5.58 Å². The zero-order valence-corrected chi connectivity index (χ0v) is 14.4. The van der Waals surface area contributed by atoms with Crippen LogP contribution in [-0.4, -0.2) is 35.8 Å². The normalized spacial score (nSPS) is 15.2. The molecule has 1 N–H and O–H groups in total. The van der Waals surface area contributed by atoms with Crippen LogP contribution in [0.3, 0.4) is 0 Å². The van der Waals surface area contributed by atoms with Gasteiger partial charge in [0.2, 0.25) is 0 Å². The molecule has 1 saturated heterocycles. The first-order valence-electron chi connectivity index (χ1n) is 8.84. The molecule has 132 valence electrons. The smallest absolute Gasteiger partial charge is 0.289 e. The Kier molecular flexibility index (Phi) is 4.44. The Bertz CT molecular complexity index is 892. The molecule has 0 aliphatic carbocycles. The summed E-state index contributed by atoms with van der Waals surface area (Å²) < 4.78 is 5.67. The average Bonchev–Trinajstić information content (AvgIpc) is 3.13. The van der Waals surface area contributed by atoms with E-state index < -0.39 is 0 Å². The van der Waals surface area contributed by atoms with E-state index in [4.69, 9.17) is 4.42 Å². The maximum atomic E-state index is 12.7. The first-order valence-corrected chi connectivity index (χ1v) is 8.84. The molecule has 1 aliphatic heterocycles. The molecule has 0 bridgehead atoms. The number of furan rings is 1. The fraction of sp³-hybridized carbons (Fsp3) is 0.238. The third-order valence-corrected chi connectivity index (χ3v) is 4.79. The summed E-state index contributed by atoms with van der Waals surface area (Å²) in [5.74, 6) is 0.222. The van der Waals surface area contributed by atoms with Crippen LogP contribution in [0.1, 0.15) is 33.8 Å². The number of rotatable bonds is 3. The zero-order valence-electron chi connectivity index (χ0n) is 14.4. The molecule has 1 aromatic heterocycles. The summed E-state index contributed by atoms with van der Waals surface area (Å²) in [5.41, 5.74) is 1.38. The monoisotopic (exact) mass is 348 g/mol. The van der Waals surface area contributed by atoms with Crippen molar-refractivity contribution in [2.24, 2.45) is 0 Å². The summed E-state index contributed by atoms with van der Waals surface area (Å²) in [6.45, 7) is 1.21. The van der Waals surface area contributed by atoms with E-state index in [1.54, 1.807) is 23.1 Å². The summed E-state index contributed by atoms with van der Waals surface area (Å²) in [7, 11) is 0. The minimum atomic E-state index is -0.0889. The van der Waals surface area contributed by atoms with Gasteiger partial charge in [0.15, 0.2) is 5.76 Å². The fourth-order valence-corrected chi connectivity index (χ4v) is 3.33. The predicted octanol–water partition coefficient (Wildman–Crippen LogP) is 3.47. The van der Waals surface area contributed by atoms with Gasteiger partial charge in [0.25, 0.3) is 11.8 Å². The molecule has 2 aromatic carbocycles. The zero-order chi connectivity index (χ0) is 17.9.